The summed E-state index contributed by atoms with van der Waals surface area (Å²) in [4.78, 5) is 4.46. The first-order chi connectivity index (χ1) is 7.31. The van der Waals surface area contributed by atoms with Crippen molar-refractivity contribution in [1.82, 2.24) is 15.5 Å². The summed E-state index contributed by atoms with van der Waals surface area (Å²) in [6, 6.07) is 0.167. The van der Waals surface area contributed by atoms with Gasteiger partial charge in [-0.05, 0) is 38.3 Å². The average Bonchev–Trinajstić information content (AvgIpc) is 2.78. The van der Waals surface area contributed by atoms with Gasteiger partial charge in [0, 0.05) is 5.92 Å². The van der Waals surface area contributed by atoms with Gasteiger partial charge in [0.1, 0.15) is 0 Å². The van der Waals surface area contributed by atoms with Crippen molar-refractivity contribution >= 4 is 11.8 Å². The lowest BCUT2D eigenvalue weighted by Crippen LogP contribution is -2.14. The molecule has 2 heterocycles. The van der Waals surface area contributed by atoms with E-state index < -0.39 is 0 Å². The molecule has 1 fully saturated rings. The third kappa shape index (κ3) is 2.52. The Bertz CT molecular complexity index is 309. The van der Waals surface area contributed by atoms with E-state index in [4.69, 9.17) is 4.52 Å². The number of rotatable bonds is 3. The molecule has 1 aromatic heterocycles. The zero-order valence-electron chi connectivity index (χ0n) is 9.19. The third-order valence-corrected chi connectivity index (χ3v) is 3.90. The Morgan fingerprint density at radius 1 is 1.47 bits per heavy atom. The van der Waals surface area contributed by atoms with E-state index in [0.717, 1.165) is 11.7 Å². The second-order valence-electron chi connectivity index (χ2n) is 3.89. The van der Waals surface area contributed by atoms with Gasteiger partial charge in [0.2, 0.25) is 5.89 Å². The van der Waals surface area contributed by atoms with Crippen LogP contribution in [-0.4, -0.2) is 28.7 Å². The Labute approximate surface area is 94.2 Å². The second kappa shape index (κ2) is 4.99. The predicted molar refractivity (Wildman–Crippen MR) is 61.1 cm³/mol. The molecule has 1 aliphatic heterocycles. The molecule has 0 saturated carbocycles. The van der Waals surface area contributed by atoms with Crippen LogP contribution in [0.4, 0.5) is 0 Å². The normalized spacial score (nSPS) is 20.4. The summed E-state index contributed by atoms with van der Waals surface area (Å²) < 4.78 is 5.32. The van der Waals surface area contributed by atoms with E-state index >= 15 is 0 Å². The lowest BCUT2D eigenvalue weighted by molar-refractivity contribution is 0.339. The minimum Gasteiger partial charge on any atom is -0.339 e. The van der Waals surface area contributed by atoms with Crippen LogP contribution in [-0.2, 0) is 0 Å². The van der Waals surface area contributed by atoms with Crippen LogP contribution in [0.15, 0.2) is 4.52 Å². The molecule has 1 aliphatic rings. The van der Waals surface area contributed by atoms with Crippen molar-refractivity contribution in [1.29, 1.82) is 0 Å². The summed E-state index contributed by atoms with van der Waals surface area (Å²) in [6.07, 6.45) is 2.33. The standard InChI is InChI=1S/C10H17N3OS/c1-7(11-2)9-12-10(14-13-9)8-3-5-15-6-4-8/h7-8,11H,3-6H2,1-2H3. The molecule has 0 aromatic carbocycles. The van der Waals surface area contributed by atoms with Gasteiger partial charge in [-0.25, -0.2) is 0 Å². The van der Waals surface area contributed by atoms with E-state index in [2.05, 4.69) is 15.5 Å². The molecule has 0 spiro atoms. The largest absolute Gasteiger partial charge is 0.339 e. The van der Waals surface area contributed by atoms with E-state index in [0.29, 0.717) is 5.92 Å². The van der Waals surface area contributed by atoms with Gasteiger partial charge in [0.25, 0.3) is 0 Å². The zero-order chi connectivity index (χ0) is 10.7. The highest BCUT2D eigenvalue weighted by Crippen LogP contribution is 2.30. The smallest absolute Gasteiger partial charge is 0.229 e. The van der Waals surface area contributed by atoms with Gasteiger partial charge in [-0.1, -0.05) is 5.16 Å². The summed E-state index contributed by atoms with van der Waals surface area (Å²) in [5.74, 6) is 4.50. The molecule has 4 nitrogen and oxygen atoms in total. The number of hydrogen-bond donors (Lipinski definition) is 1. The van der Waals surface area contributed by atoms with Crippen LogP contribution >= 0.6 is 11.8 Å². The first kappa shape index (κ1) is 11.0. The molecule has 1 atom stereocenters. The number of nitrogens with zero attached hydrogens (tertiary/aromatic N) is 2. The topological polar surface area (TPSA) is 51.0 Å². The number of hydrogen-bond acceptors (Lipinski definition) is 5. The molecule has 0 amide bonds. The Kier molecular flexibility index (Phi) is 3.64. The van der Waals surface area contributed by atoms with Gasteiger partial charge in [0.15, 0.2) is 5.82 Å². The van der Waals surface area contributed by atoms with Crippen molar-refractivity contribution in [2.45, 2.75) is 31.7 Å². The maximum absolute atomic E-state index is 5.32. The van der Waals surface area contributed by atoms with Crippen molar-refractivity contribution in [2.75, 3.05) is 18.6 Å². The summed E-state index contributed by atoms with van der Waals surface area (Å²) in [5.41, 5.74) is 0. The van der Waals surface area contributed by atoms with Crippen LogP contribution in [0.1, 0.15) is 43.4 Å². The minimum absolute atomic E-state index is 0.167. The molecular weight excluding hydrogens is 210 g/mol. The summed E-state index contributed by atoms with van der Waals surface area (Å²) in [7, 11) is 1.90. The van der Waals surface area contributed by atoms with Gasteiger partial charge < -0.3 is 9.84 Å². The van der Waals surface area contributed by atoms with Gasteiger partial charge >= 0.3 is 0 Å². The highest BCUT2D eigenvalue weighted by atomic mass is 32.2. The number of nitrogens with one attached hydrogen (secondary N) is 1. The van der Waals surface area contributed by atoms with E-state index in [1.807, 2.05) is 25.7 Å². The highest BCUT2D eigenvalue weighted by Gasteiger charge is 2.22. The van der Waals surface area contributed by atoms with E-state index in [1.165, 1.54) is 24.3 Å². The van der Waals surface area contributed by atoms with Crippen LogP contribution in [0.25, 0.3) is 0 Å². The lowest BCUT2D eigenvalue weighted by atomic mass is 10.0. The van der Waals surface area contributed by atoms with Crippen molar-refractivity contribution < 1.29 is 4.52 Å². The van der Waals surface area contributed by atoms with E-state index in [9.17, 15) is 0 Å². The quantitative estimate of drug-likeness (QED) is 0.855. The lowest BCUT2D eigenvalue weighted by Gasteiger charge is -2.16. The first-order valence-corrected chi connectivity index (χ1v) is 6.55. The summed E-state index contributed by atoms with van der Waals surface area (Å²) >= 11 is 2.01. The molecule has 1 saturated heterocycles. The molecule has 0 bridgehead atoms. The predicted octanol–water partition coefficient (Wildman–Crippen LogP) is 1.96. The van der Waals surface area contributed by atoms with Crippen LogP contribution < -0.4 is 5.32 Å². The highest BCUT2D eigenvalue weighted by molar-refractivity contribution is 7.99. The Morgan fingerprint density at radius 2 is 2.20 bits per heavy atom. The maximum Gasteiger partial charge on any atom is 0.229 e. The van der Waals surface area contributed by atoms with E-state index in [1.54, 1.807) is 0 Å². The molecular formula is C10H17N3OS. The van der Waals surface area contributed by atoms with Crippen molar-refractivity contribution in [3.05, 3.63) is 11.7 Å². The fraction of sp³-hybridized carbons (Fsp3) is 0.800. The van der Waals surface area contributed by atoms with Crippen molar-refractivity contribution in [2.24, 2.45) is 0 Å². The summed E-state index contributed by atoms with van der Waals surface area (Å²) in [6.45, 7) is 2.03. The van der Waals surface area contributed by atoms with Gasteiger partial charge in [0.05, 0.1) is 6.04 Å². The summed E-state index contributed by atoms with van der Waals surface area (Å²) in [5, 5.41) is 7.12. The van der Waals surface area contributed by atoms with Crippen LogP contribution in [0.3, 0.4) is 0 Å². The van der Waals surface area contributed by atoms with Gasteiger partial charge in [-0.2, -0.15) is 16.7 Å². The van der Waals surface area contributed by atoms with Crippen LogP contribution in [0.5, 0.6) is 0 Å². The molecule has 1 aromatic rings. The van der Waals surface area contributed by atoms with Crippen LogP contribution in [0.2, 0.25) is 0 Å². The Balaban J connectivity index is 2.05. The Hall–Kier alpha value is -0.550. The molecule has 1 N–H and O–H groups in total. The molecule has 1 unspecified atom stereocenters. The molecule has 0 radical (unpaired) electrons. The van der Waals surface area contributed by atoms with E-state index in [-0.39, 0.29) is 6.04 Å². The minimum atomic E-state index is 0.167. The molecule has 84 valence electrons. The molecule has 0 aliphatic carbocycles. The van der Waals surface area contributed by atoms with Crippen molar-refractivity contribution in [3.63, 3.8) is 0 Å². The number of aromatic nitrogens is 2. The fourth-order valence-corrected chi connectivity index (χ4v) is 2.77. The Morgan fingerprint density at radius 3 is 2.87 bits per heavy atom. The van der Waals surface area contributed by atoms with Gasteiger partial charge in [-0.3, -0.25) is 0 Å². The average molecular weight is 227 g/mol. The zero-order valence-corrected chi connectivity index (χ0v) is 10.0. The van der Waals surface area contributed by atoms with Gasteiger partial charge in [-0.15, -0.1) is 0 Å². The van der Waals surface area contributed by atoms with Crippen molar-refractivity contribution in [3.8, 4) is 0 Å². The SMILES string of the molecule is CNC(C)c1noc(C2CCSCC2)n1. The van der Waals surface area contributed by atoms with Crippen LogP contribution in [0, 0.1) is 0 Å². The molecule has 5 heteroatoms. The number of thioether (sulfide) groups is 1. The maximum atomic E-state index is 5.32. The monoisotopic (exact) mass is 227 g/mol. The molecule has 2 rings (SSSR count). The second-order valence-corrected chi connectivity index (χ2v) is 5.11. The first-order valence-electron chi connectivity index (χ1n) is 5.39. The fourth-order valence-electron chi connectivity index (χ4n) is 1.66. The third-order valence-electron chi connectivity index (χ3n) is 2.85. The molecule has 15 heavy (non-hydrogen) atoms.